The van der Waals surface area contributed by atoms with Crippen molar-refractivity contribution in [3.05, 3.63) is 33.9 Å². The molecule has 1 aromatic carbocycles. The molecule has 1 saturated heterocycles. The van der Waals surface area contributed by atoms with Crippen LogP contribution in [0.15, 0.2) is 18.2 Å². The highest BCUT2D eigenvalue weighted by atomic mass is 16.6. The number of rotatable bonds is 3. The Morgan fingerprint density at radius 3 is 2.89 bits per heavy atom. The summed E-state index contributed by atoms with van der Waals surface area (Å²) in [4.78, 5) is 22.0. The Kier molecular flexibility index (Phi) is 3.57. The summed E-state index contributed by atoms with van der Waals surface area (Å²) in [5.41, 5.74) is 1.35. The fourth-order valence-corrected chi connectivity index (χ4v) is 2.03. The Labute approximate surface area is 105 Å². The van der Waals surface area contributed by atoms with Crippen LogP contribution >= 0.6 is 0 Å². The lowest BCUT2D eigenvalue weighted by Crippen LogP contribution is -2.35. The molecule has 1 amide bonds. The van der Waals surface area contributed by atoms with E-state index in [4.69, 9.17) is 0 Å². The van der Waals surface area contributed by atoms with Crippen LogP contribution in [0.25, 0.3) is 0 Å². The van der Waals surface area contributed by atoms with Crippen molar-refractivity contribution in [3.63, 3.8) is 0 Å². The number of nitrogens with one attached hydrogen (secondary N) is 2. The van der Waals surface area contributed by atoms with Crippen molar-refractivity contribution in [2.45, 2.75) is 25.8 Å². The van der Waals surface area contributed by atoms with Gasteiger partial charge in [-0.2, -0.15) is 0 Å². The predicted octanol–water partition coefficient (Wildman–Crippen LogP) is 1.59. The second-order valence-corrected chi connectivity index (χ2v) is 4.39. The van der Waals surface area contributed by atoms with Crippen molar-refractivity contribution >= 4 is 17.3 Å². The van der Waals surface area contributed by atoms with Gasteiger partial charge >= 0.3 is 0 Å². The second-order valence-electron chi connectivity index (χ2n) is 4.39. The summed E-state index contributed by atoms with van der Waals surface area (Å²) in [6, 6.07) is 4.27. The lowest BCUT2D eigenvalue weighted by molar-refractivity contribution is -0.384. The van der Waals surface area contributed by atoms with E-state index in [-0.39, 0.29) is 17.6 Å². The molecule has 2 N–H and O–H groups in total. The first-order chi connectivity index (χ1) is 8.58. The van der Waals surface area contributed by atoms with Crippen LogP contribution in [0.4, 0.5) is 11.4 Å². The number of nitro groups is 1. The zero-order valence-electron chi connectivity index (χ0n) is 10.1. The highest BCUT2D eigenvalue weighted by Crippen LogP contribution is 2.21. The van der Waals surface area contributed by atoms with Crippen LogP contribution < -0.4 is 10.6 Å². The first-order valence-corrected chi connectivity index (χ1v) is 5.87. The van der Waals surface area contributed by atoms with Crippen LogP contribution in [-0.4, -0.2) is 23.4 Å². The molecule has 0 bridgehead atoms. The lowest BCUT2D eigenvalue weighted by Gasteiger charge is -2.12. The quantitative estimate of drug-likeness (QED) is 0.629. The first kappa shape index (κ1) is 12.5. The molecule has 96 valence electrons. The van der Waals surface area contributed by atoms with E-state index in [1.54, 1.807) is 13.0 Å². The third-order valence-corrected chi connectivity index (χ3v) is 3.06. The van der Waals surface area contributed by atoms with Crippen LogP contribution in [0.3, 0.4) is 0 Å². The molecule has 0 radical (unpaired) electrons. The summed E-state index contributed by atoms with van der Waals surface area (Å²) < 4.78 is 0. The van der Waals surface area contributed by atoms with Crippen molar-refractivity contribution in [2.24, 2.45) is 0 Å². The van der Waals surface area contributed by atoms with Crippen molar-refractivity contribution in [1.82, 2.24) is 5.32 Å². The third-order valence-electron chi connectivity index (χ3n) is 3.06. The van der Waals surface area contributed by atoms with Crippen molar-refractivity contribution < 1.29 is 9.72 Å². The zero-order valence-corrected chi connectivity index (χ0v) is 10.1. The second kappa shape index (κ2) is 5.14. The van der Waals surface area contributed by atoms with Crippen molar-refractivity contribution in [3.8, 4) is 0 Å². The van der Waals surface area contributed by atoms with Gasteiger partial charge in [0.1, 0.15) is 0 Å². The largest absolute Gasteiger partial charge is 0.324 e. The molecule has 1 unspecified atom stereocenters. The number of anilines is 1. The van der Waals surface area contributed by atoms with Gasteiger partial charge in [0, 0.05) is 17.8 Å². The number of nitrogens with zero attached hydrogens (tertiary/aromatic N) is 1. The van der Waals surface area contributed by atoms with Crippen LogP contribution in [0.1, 0.15) is 18.4 Å². The van der Waals surface area contributed by atoms with Gasteiger partial charge in [-0.3, -0.25) is 14.9 Å². The van der Waals surface area contributed by atoms with Crippen molar-refractivity contribution in [1.29, 1.82) is 0 Å². The molecular formula is C12H15N3O3. The fraction of sp³-hybridized carbons (Fsp3) is 0.417. The molecular weight excluding hydrogens is 234 g/mol. The summed E-state index contributed by atoms with van der Waals surface area (Å²) >= 11 is 0. The number of hydrogen-bond donors (Lipinski definition) is 2. The molecule has 0 spiro atoms. The first-order valence-electron chi connectivity index (χ1n) is 5.87. The molecule has 1 fully saturated rings. The van der Waals surface area contributed by atoms with Gasteiger partial charge < -0.3 is 10.6 Å². The van der Waals surface area contributed by atoms with Gasteiger partial charge in [-0.15, -0.1) is 0 Å². The number of hydrogen-bond acceptors (Lipinski definition) is 4. The van der Waals surface area contributed by atoms with E-state index in [0.29, 0.717) is 11.3 Å². The highest BCUT2D eigenvalue weighted by molar-refractivity contribution is 5.95. The fourth-order valence-electron chi connectivity index (χ4n) is 2.03. The van der Waals surface area contributed by atoms with Gasteiger partial charge in [0.2, 0.25) is 5.91 Å². The van der Waals surface area contributed by atoms with Crippen LogP contribution in [0.5, 0.6) is 0 Å². The molecule has 0 aromatic heterocycles. The van der Waals surface area contributed by atoms with Crippen LogP contribution in [-0.2, 0) is 4.79 Å². The number of nitro benzene ring substituents is 1. The molecule has 1 aromatic rings. The van der Waals surface area contributed by atoms with Crippen molar-refractivity contribution in [2.75, 3.05) is 11.9 Å². The van der Waals surface area contributed by atoms with E-state index >= 15 is 0 Å². The maximum absolute atomic E-state index is 11.9. The molecule has 0 saturated carbocycles. The summed E-state index contributed by atoms with van der Waals surface area (Å²) in [6.07, 6.45) is 1.83. The number of non-ortho nitro benzene ring substituents is 1. The monoisotopic (exact) mass is 249 g/mol. The molecule has 6 nitrogen and oxygen atoms in total. The van der Waals surface area contributed by atoms with E-state index < -0.39 is 4.92 Å². The number of aryl methyl sites for hydroxylation is 1. The van der Waals surface area contributed by atoms with E-state index in [1.807, 2.05) is 0 Å². The minimum Gasteiger partial charge on any atom is -0.324 e. The number of carbonyl (C=O) groups is 1. The van der Waals surface area contributed by atoms with Crippen LogP contribution in [0, 0.1) is 17.0 Å². The van der Waals surface area contributed by atoms with Gasteiger partial charge in [-0.25, -0.2) is 0 Å². The average molecular weight is 249 g/mol. The van der Waals surface area contributed by atoms with Gasteiger partial charge in [-0.05, 0) is 37.9 Å². The molecule has 1 aliphatic rings. The molecule has 1 aliphatic heterocycles. The van der Waals surface area contributed by atoms with E-state index in [0.717, 1.165) is 19.4 Å². The number of carbonyl (C=O) groups excluding carboxylic acids is 1. The third kappa shape index (κ3) is 2.65. The van der Waals surface area contributed by atoms with Gasteiger partial charge in [0.15, 0.2) is 0 Å². The Bertz CT molecular complexity index is 481. The molecule has 1 atom stereocenters. The van der Waals surface area contributed by atoms with Gasteiger partial charge in [0.25, 0.3) is 5.69 Å². The summed E-state index contributed by atoms with van der Waals surface area (Å²) in [5, 5.41) is 16.5. The van der Waals surface area contributed by atoms with E-state index in [2.05, 4.69) is 10.6 Å². The van der Waals surface area contributed by atoms with Crippen LogP contribution in [0.2, 0.25) is 0 Å². The maximum atomic E-state index is 11.9. The number of benzene rings is 1. The van der Waals surface area contributed by atoms with E-state index in [1.165, 1.54) is 12.1 Å². The molecule has 6 heteroatoms. The lowest BCUT2D eigenvalue weighted by atomic mass is 10.1. The average Bonchev–Trinajstić information content (AvgIpc) is 2.85. The Morgan fingerprint density at radius 1 is 1.56 bits per heavy atom. The summed E-state index contributed by atoms with van der Waals surface area (Å²) in [7, 11) is 0. The normalized spacial score (nSPS) is 18.6. The maximum Gasteiger partial charge on any atom is 0.269 e. The molecule has 0 aliphatic carbocycles. The highest BCUT2D eigenvalue weighted by Gasteiger charge is 2.22. The smallest absolute Gasteiger partial charge is 0.269 e. The summed E-state index contributed by atoms with van der Waals surface area (Å²) in [6.45, 7) is 2.60. The number of amides is 1. The Hall–Kier alpha value is -1.95. The van der Waals surface area contributed by atoms with Gasteiger partial charge in [-0.1, -0.05) is 0 Å². The zero-order chi connectivity index (χ0) is 13.1. The summed E-state index contributed by atoms with van der Waals surface area (Å²) in [5.74, 6) is -0.0792. The minimum absolute atomic E-state index is 0.0319. The SMILES string of the molecule is Cc1cc([N+](=O)[O-])ccc1NC(=O)C1CCCN1. The minimum atomic E-state index is -0.447. The predicted molar refractivity (Wildman–Crippen MR) is 67.5 cm³/mol. The molecule has 1 heterocycles. The Balaban J connectivity index is 2.09. The Morgan fingerprint density at radius 2 is 2.33 bits per heavy atom. The van der Waals surface area contributed by atoms with E-state index in [9.17, 15) is 14.9 Å². The van der Waals surface area contributed by atoms with Gasteiger partial charge in [0.05, 0.1) is 11.0 Å². The topological polar surface area (TPSA) is 84.3 Å². The standard InChI is InChI=1S/C12H15N3O3/c1-8-7-9(15(17)18)4-5-10(8)14-12(16)11-3-2-6-13-11/h4-5,7,11,13H,2-3,6H2,1H3,(H,14,16). The molecule has 18 heavy (non-hydrogen) atoms. The molecule has 2 rings (SSSR count).